The van der Waals surface area contributed by atoms with Gasteiger partial charge < -0.3 is 35.0 Å². The molecular weight excluding hydrogens is 356 g/mol. The van der Waals surface area contributed by atoms with Crippen LogP contribution in [0.2, 0.25) is 0 Å². The van der Waals surface area contributed by atoms with Crippen LogP contribution < -0.4 is 0 Å². The van der Waals surface area contributed by atoms with E-state index in [2.05, 4.69) is 0 Å². The first kappa shape index (κ1) is 22.2. The predicted octanol–water partition coefficient (Wildman–Crippen LogP) is -0.576. The van der Waals surface area contributed by atoms with E-state index in [0.29, 0.717) is 0 Å². The fourth-order valence-corrected chi connectivity index (χ4v) is 3.58. The largest absolute Gasteiger partial charge is 0.394 e. The number of hydrogen-bond donors (Lipinski definition) is 5. The van der Waals surface area contributed by atoms with Crippen molar-refractivity contribution in [1.29, 1.82) is 0 Å². The minimum Gasteiger partial charge on any atom is -0.394 e. The minimum absolute atomic E-state index is 0.187. The van der Waals surface area contributed by atoms with Crippen molar-refractivity contribution in [3.8, 4) is 0 Å². The minimum atomic E-state index is -1.50. The number of hydrogen-bond acceptors (Lipinski definition) is 8. The second-order valence-corrected chi connectivity index (χ2v) is 7.86. The highest BCUT2D eigenvalue weighted by molar-refractivity contribution is 5.88. The smallest absolute Gasteiger partial charge is 0.187 e. The zero-order valence-corrected chi connectivity index (χ0v) is 16.1. The van der Waals surface area contributed by atoms with E-state index in [1.807, 2.05) is 6.92 Å². The summed E-state index contributed by atoms with van der Waals surface area (Å²) in [4.78, 5) is 11.9. The number of ketones is 1. The van der Waals surface area contributed by atoms with Crippen molar-refractivity contribution < 1.29 is 39.8 Å². The summed E-state index contributed by atoms with van der Waals surface area (Å²) in [5, 5.41) is 49.0. The van der Waals surface area contributed by atoms with E-state index in [4.69, 9.17) is 9.47 Å². The highest BCUT2D eigenvalue weighted by Gasteiger charge is 2.44. The van der Waals surface area contributed by atoms with Gasteiger partial charge in [0.05, 0.1) is 12.7 Å². The number of Topliss-reactive ketones (excluding diaryl/α,β-unsaturated/α-hetero) is 1. The molecule has 0 amide bonds. The summed E-state index contributed by atoms with van der Waals surface area (Å²) in [5.41, 5.74) is 0.962. The van der Waals surface area contributed by atoms with Crippen molar-refractivity contribution in [2.75, 3.05) is 6.61 Å². The lowest BCUT2D eigenvalue weighted by Crippen LogP contribution is -2.59. The van der Waals surface area contributed by atoms with E-state index in [0.717, 1.165) is 11.1 Å². The van der Waals surface area contributed by atoms with Crippen LogP contribution in [0.3, 0.4) is 0 Å². The third-order valence-electron chi connectivity index (χ3n) is 5.31. The number of aliphatic hydroxyl groups excluding tert-OH is 5. The topological polar surface area (TPSA) is 137 Å². The molecule has 0 radical (unpaired) electrons. The van der Waals surface area contributed by atoms with Crippen LogP contribution in [0.4, 0.5) is 0 Å². The van der Waals surface area contributed by atoms with Crippen LogP contribution in [0.1, 0.15) is 34.1 Å². The molecule has 8 heteroatoms. The number of allylic oxidation sites excluding steroid dienone is 2. The molecule has 5 N–H and O–H groups in total. The molecule has 0 aromatic heterocycles. The van der Waals surface area contributed by atoms with Gasteiger partial charge in [0.15, 0.2) is 12.1 Å². The molecule has 0 aromatic rings. The molecule has 2 aliphatic rings. The molecule has 0 aromatic carbocycles. The highest BCUT2D eigenvalue weighted by Crippen LogP contribution is 2.39. The summed E-state index contributed by atoms with van der Waals surface area (Å²) in [6, 6.07) is 0. The summed E-state index contributed by atoms with van der Waals surface area (Å²) >= 11 is 0. The molecule has 27 heavy (non-hydrogen) atoms. The molecule has 8 nitrogen and oxygen atoms in total. The molecular formula is C19H30O8. The van der Waals surface area contributed by atoms with Crippen LogP contribution >= 0.6 is 0 Å². The Balaban J connectivity index is 2.09. The first-order valence-corrected chi connectivity index (χ1v) is 9.05. The second kappa shape index (κ2) is 8.48. The Labute approximate surface area is 158 Å². The average molecular weight is 386 g/mol. The van der Waals surface area contributed by atoms with E-state index in [9.17, 15) is 30.3 Å². The lowest BCUT2D eigenvalue weighted by atomic mass is 9.70. The fourth-order valence-electron chi connectivity index (χ4n) is 3.58. The maximum absolute atomic E-state index is 11.9. The second-order valence-electron chi connectivity index (χ2n) is 7.86. The number of ether oxygens (including phenoxy) is 2. The molecule has 0 saturated carbocycles. The van der Waals surface area contributed by atoms with Crippen molar-refractivity contribution in [3.05, 3.63) is 23.3 Å². The van der Waals surface area contributed by atoms with Crippen LogP contribution in [0.25, 0.3) is 0 Å². The Bertz CT molecular complexity index is 609. The van der Waals surface area contributed by atoms with Gasteiger partial charge in [0.25, 0.3) is 0 Å². The molecule has 1 saturated heterocycles. The monoisotopic (exact) mass is 386 g/mol. The van der Waals surface area contributed by atoms with Crippen molar-refractivity contribution >= 4 is 5.78 Å². The Morgan fingerprint density at radius 2 is 1.85 bits per heavy atom. The number of aliphatic hydroxyl groups is 5. The molecule has 0 unspecified atom stereocenters. The van der Waals surface area contributed by atoms with Gasteiger partial charge in [-0.2, -0.15) is 0 Å². The molecule has 154 valence electrons. The number of carbonyl (C=O) groups is 1. The highest BCUT2D eigenvalue weighted by atomic mass is 16.7. The van der Waals surface area contributed by atoms with E-state index in [-0.39, 0.29) is 12.2 Å². The van der Waals surface area contributed by atoms with Crippen LogP contribution in [-0.2, 0) is 14.3 Å². The average Bonchev–Trinajstić information content (AvgIpc) is 2.60. The molecule has 2 rings (SSSR count). The molecule has 0 bridgehead atoms. The number of rotatable bonds is 5. The Hall–Kier alpha value is -1.13. The van der Waals surface area contributed by atoms with Crippen molar-refractivity contribution in [1.82, 2.24) is 0 Å². The van der Waals surface area contributed by atoms with Gasteiger partial charge in [0.2, 0.25) is 0 Å². The van der Waals surface area contributed by atoms with Crippen LogP contribution in [0.15, 0.2) is 23.3 Å². The number of carbonyl (C=O) groups excluding carboxylic acids is 1. The maximum atomic E-state index is 11.9. The van der Waals surface area contributed by atoms with Gasteiger partial charge in [0.1, 0.15) is 30.5 Å². The lowest BCUT2D eigenvalue weighted by molar-refractivity contribution is -0.306. The molecule has 1 aliphatic carbocycles. The van der Waals surface area contributed by atoms with E-state index in [1.54, 1.807) is 32.9 Å². The normalized spacial score (nSPS) is 38.5. The lowest BCUT2D eigenvalue weighted by Gasteiger charge is -2.40. The molecule has 1 fully saturated rings. The van der Waals surface area contributed by atoms with Crippen molar-refractivity contribution in [2.45, 2.75) is 77.0 Å². The van der Waals surface area contributed by atoms with Crippen LogP contribution in [0.5, 0.6) is 0 Å². The Kier molecular flexibility index (Phi) is 6.96. The van der Waals surface area contributed by atoms with Gasteiger partial charge in [-0.15, -0.1) is 0 Å². The summed E-state index contributed by atoms with van der Waals surface area (Å²) in [7, 11) is 0. The SMILES string of the molecule is CC1=C(/C=C/[C@@H](C)O[C@@H]2O[C@H](CO)[C@@H](O)[C@H](O)[C@H]2O)C(C)(C)[C@H](O)C(=O)C1. The summed E-state index contributed by atoms with van der Waals surface area (Å²) in [6.45, 7) is 6.60. The van der Waals surface area contributed by atoms with Crippen molar-refractivity contribution in [3.63, 3.8) is 0 Å². The van der Waals surface area contributed by atoms with E-state index >= 15 is 0 Å². The quantitative estimate of drug-likeness (QED) is 0.423. The van der Waals surface area contributed by atoms with Crippen LogP contribution in [-0.4, -0.2) is 80.8 Å². The fraction of sp³-hybridized carbons (Fsp3) is 0.737. The standard InChI is InChI=1S/C19H30O8/c1-9-7-12(21)17(25)19(3,4)11(9)6-5-10(2)26-18-16(24)15(23)14(22)13(8-20)27-18/h5-6,10,13-18,20,22-25H,7-8H2,1-4H3/b6-5+/t10-,13-,14-,15+,16-,17-,18-/m1/s1. The van der Waals surface area contributed by atoms with E-state index < -0.39 is 54.9 Å². The van der Waals surface area contributed by atoms with Gasteiger partial charge in [-0.3, -0.25) is 4.79 Å². The van der Waals surface area contributed by atoms with Gasteiger partial charge in [0, 0.05) is 11.8 Å². The zero-order chi connectivity index (χ0) is 20.5. The molecule has 1 heterocycles. The molecule has 1 aliphatic heterocycles. The third kappa shape index (κ3) is 4.48. The van der Waals surface area contributed by atoms with Crippen LogP contribution in [0, 0.1) is 5.41 Å². The Morgan fingerprint density at radius 1 is 1.22 bits per heavy atom. The van der Waals surface area contributed by atoms with Gasteiger partial charge in [-0.05, 0) is 19.4 Å². The first-order chi connectivity index (χ1) is 12.5. The van der Waals surface area contributed by atoms with Crippen molar-refractivity contribution in [2.24, 2.45) is 5.41 Å². The van der Waals surface area contributed by atoms with Gasteiger partial charge in [-0.1, -0.05) is 31.6 Å². The summed E-state index contributed by atoms with van der Waals surface area (Å²) in [6.07, 6.45) is -4.62. The molecule has 0 spiro atoms. The zero-order valence-electron chi connectivity index (χ0n) is 16.1. The Morgan fingerprint density at radius 3 is 2.44 bits per heavy atom. The third-order valence-corrected chi connectivity index (χ3v) is 5.31. The summed E-state index contributed by atoms with van der Waals surface area (Å²) < 4.78 is 10.9. The van der Waals surface area contributed by atoms with Gasteiger partial charge >= 0.3 is 0 Å². The maximum Gasteiger partial charge on any atom is 0.187 e. The predicted molar refractivity (Wildman–Crippen MR) is 95.6 cm³/mol. The summed E-state index contributed by atoms with van der Waals surface area (Å²) in [5.74, 6) is -0.208. The first-order valence-electron chi connectivity index (χ1n) is 9.05. The molecule has 7 atom stereocenters. The van der Waals surface area contributed by atoms with Gasteiger partial charge in [-0.25, -0.2) is 0 Å². The van der Waals surface area contributed by atoms with E-state index in [1.165, 1.54) is 0 Å².